The SMILES string of the molecule is CCOC(=O)/C=C/CN1C(=O)c2ccccc2C1=O. The molecule has 0 fully saturated rings. The van der Waals surface area contributed by atoms with Crippen LogP contribution in [0.1, 0.15) is 27.6 Å². The van der Waals surface area contributed by atoms with Gasteiger partial charge in [0.25, 0.3) is 11.8 Å². The minimum atomic E-state index is -0.487. The fourth-order valence-electron chi connectivity index (χ4n) is 1.85. The van der Waals surface area contributed by atoms with E-state index in [0.717, 1.165) is 4.90 Å². The maximum atomic E-state index is 12.0. The molecule has 0 bridgehead atoms. The number of carbonyl (C=O) groups excluding carboxylic acids is 3. The molecule has 2 rings (SSSR count). The summed E-state index contributed by atoms with van der Waals surface area (Å²) in [7, 11) is 0. The Kier molecular flexibility index (Phi) is 3.75. The van der Waals surface area contributed by atoms with Crippen LogP contribution < -0.4 is 0 Å². The van der Waals surface area contributed by atoms with Crippen molar-refractivity contribution in [2.75, 3.05) is 13.2 Å². The van der Waals surface area contributed by atoms with Crippen LogP contribution in [0.25, 0.3) is 0 Å². The van der Waals surface area contributed by atoms with Crippen LogP contribution in [0.4, 0.5) is 0 Å². The molecule has 0 aliphatic carbocycles. The monoisotopic (exact) mass is 259 g/mol. The molecule has 1 aliphatic heterocycles. The van der Waals surface area contributed by atoms with Crippen molar-refractivity contribution in [2.24, 2.45) is 0 Å². The lowest BCUT2D eigenvalue weighted by atomic mass is 10.1. The normalized spacial score (nSPS) is 14.1. The van der Waals surface area contributed by atoms with Gasteiger partial charge in [-0.3, -0.25) is 14.5 Å². The molecule has 98 valence electrons. The van der Waals surface area contributed by atoms with Crippen molar-refractivity contribution < 1.29 is 19.1 Å². The number of fused-ring (bicyclic) bond motifs is 1. The summed E-state index contributed by atoms with van der Waals surface area (Å²) in [5, 5.41) is 0. The number of benzene rings is 1. The zero-order valence-electron chi connectivity index (χ0n) is 10.5. The van der Waals surface area contributed by atoms with E-state index in [1.807, 2.05) is 0 Å². The summed E-state index contributed by atoms with van der Waals surface area (Å²) >= 11 is 0. The van der Waals surface area contributed by atoms with E-state index in [1.54, 1.807) is 31.2 Å². The van der Waals surface area contributed by atoms with Crippen LogP contribution in [0.5, 0.6) is 0 Å². The van der Waals surface area contributed by atoms with Gasteiger partial charge in [-0.2, -0.15) is 0 Å². The molecule has 0 atom stereocenters. The Balaban J connectivity index is 2.07. The molecule has 1 aliphatic rings. The summed E-state index contributed by atoms with van der Waals surface area (Å²) in [5.41, 5.74) is 0.800. The van der Waals surface area contributed by atoms with Gasteiger partial charge >= 0.3 is 5.97 Å². The molecular formula is C14H13NO4. The van der Waals surface area contributed by atoms with Crippen molar-refractivity contribution in [1.29, 1.82) is 0 Å². The minimum Gasteiger partial charge on any atom is -0.463 e. The maximum Gasteiger partial charge on any atom is 0.330 e. The highest BCUT2D eigenvalue weighted by Crippen LogP contribution is 2.21. The number of carbonyl (C=O) groups is 3. The summed E-state index contributed by atoms with van der Waals surface area (Å²) in [6.07, 6.45) is 2.66. The van der Waals surface area contributed by atoms with E-state index in [9.17, 15) is 14.4 Å². The third kappa shape index (κ3) is 2.54. The summed E-state index contributed by atoms with van der Waals surface area (Å²) in [4.78, 5) is 36.1. The predicted octanol–water partition coefficient (Wildman–Crippen LogP) is 1.40. The van der Waals surface area contributed by atoms with Crippen molar-refractivity contribution in [3.8, 4) is 0 Å². The molecule has 2 amide bonds. The van der Waals surface area contributed by atoms with Gasteiger partial charge in [-0.1, -0.05) is 18.2 Å². The number of amides is 2. The van der Waals surface area contributed by atoms with Crippen LogP contribution in [-0.4, -0.2) is 35.8 Å². The zero-order valence-corrected chi connectivity index (χ0v) is 10.5. The van der Waals surface area contributed by atoms with E-state index < -0.39 is 5.97 Å². The van der Waals surface area contributed by atoms with Gasteiger partial charge in [0, 0.05) is 12.6 Å². The molecule has 5 heteroatoms. The second-order valence-corrected chi connectivity index (χ2v) is 3.92. The van der Waals surface area contributed by atoms with Crippen molar-refractivity contribution in [3.63, 3.8) is 0 Å². The lowest BCUT2D eigenvalue weighted by molar-refractivity contribution is -0.137. The maximum absolute atomic E-state index is 12.0. The molecule has 1 aromatic rings. The Hall–Kier alpha value is -2.43. The van der Waals surface area contributed by atoms with Crippen molar-refractivity contribution in [1.82, 2.24) is 4.90 Å². The number of esters is 1. The van der Waals surface area contributed by atoms with E-state index in [-0.39, 0.29) is 25.0 Å². The number of hydrogen-bond donors (Lipinski definition) is 0. The van der Waals surface area contributed by atoms with E-state index >= 15 is 0 Å². The van der Waals surface area contributed by atoms with Crippen LogP contribution in [-0.2, 0) is 9.53 Å². The van der Waals surface area contributed by atoms with Gasteiger partial charge < -0.3 is 4.74 Å². The first-order valence-corrected chi connectivity index (χ1v) is 5.93. The molecule has 0 spiro atoms. The first-order valence-electron chi connectivity index (χ1n) is 5.93. The largest absolute Gasteiger partial charge is 0.463 e. The molecule has 5 nitrogen and oxygen atoms in total. The Morgan fingerprint density at radius 2 is 1.79 bits per heavy atom. The first kappa shape index (κ1) is 13.0. The predicted molar refractivity (Wildman–Crippen MR) is 67.6 cm³/mol. The fourth-order valence-corrected chi connectivity index (χ4v) is 1.85. The van der Waals surface area contributed by atoms with Gasteiger partial charge in [0.1, 0.15) is 0 Å². The third-order valence-electron chi connectivity index (χ3n) is 2.71. The van der Waals surface area contributed by atoms with Crippen molar-refractivity contribution in [2.45, 2.75) is 6.92 Å². The lowest BCUT2D eigenvalue weighted by Gasteiger charge is -2.10. The van der Waals surface area contributed by atoms with Gasteiger partial charge in [-0.15, -0.1) is 0 Å². The smallest absolute Gasteiger partial charge is 0.330 e. The zero-order chi connectivity index (χ0) is 13.8. The van der Waals surface area contributed by atoms with Crippen molar-refractivity contribution >= 4 is 17.8 Å². The Morgan fingerprint density at radius 1 is 1.21 bits per heavy atom. The van der Waals surface area contributed by atoms with Crippen LogP contribution >= 0.6 is 0 Å². The summed E-state index contributed by atoms with van der Waals surface area (Å²) in [6, 6.07) is 6.65. The lowest BCUT2D eigenvalue weighted by Crippen LogP contribution is -2.29. The summed E-state index contributed by atoms with van der Waals surface area (Å²) < 4.78 is 4.71. The quantitative estimate of drug-likeness (QED) is 0.466. The molecule has 0 saturated heterocycles. The Bertz CT molecular complexity index is 527. The Morgan fingerprint density at radius 3 is 2.32 bits per heavy atom. The van der Waals surface area contributed by atoms with E-state index in [4.69, 9.17) is 4.74 Å². The van der Waals surface area contributed by atoms with Gasteiger partial charge in [0.05, 0.1) is 17.7 Å². The highest BCUT2D eigenvalue weighted by Gasteiger charge is 2.34. The van der Waals surface area contributed by atoms with Crippen LogP contribution in [0.2, 0.25) is 0 Å². The van der Waals surface area contributed by atoms with Crippen molar-refractivity contribution in [3.05, 3.63) is 47.5 Å². The van der Waals surface area contributed by atoms with Crippen LogP contribution in [0.3, 0.4) is 0 Å². The molecule has 1 heterocycles. The topological polar surface area (TPSA) is 63.7 Å². The second kappa shape index (κ2) is 5.48. The molecule has 0 N–H and O–H groups in total. The first-order chi connectivity index (χ1) is 9.15. The van der Waals surface area contributed by atoms with Crippen LogP contribution in [0, 0.1) is 0 Å². The number of hydrogen-bond acceptors (Lipinski definition) is 4. The fraction of sp³-hybridized carbons (Fsp3) is 0.214. The standard InChI is InChI=1S/C14H13NO4/c1-2-19-12(16)8-5-9-15-13(17)10-6-3-4-7-11(10)14(15)18/h3-8H,2,9H2,1H3/b8-5+. The second-order valence-electron chi connectivity index (χ2n) is 3.92. The third-order valence-corrected chi connectivity index (χ3v) is 2.71. The number of imide groups is 1. The van der Waals surface area contributed by atoms with Crippen LogP contribution in [0.15, 0.2) is 36.4 Å². The highest BCUT2D eigenvalue weighted by atomic mass is 16.5. The highest BCUT2D eigenvalue weighted by molar-refractivity contribution is 6.21. The molecule has 0 radical (unpaired) electrons. The molecular weight excluding hydrogens is 246 g/mol. The number of nitrogens with zero attached hydrogens (tertiary/aromatic N) is 1. The summed E-state index contributed by atoms with van der Waals surface area (Å²) in [5.74, 6) is -1.16. The van der Waals surface area contributed by atoms with E-state index in [1.165, 1.54) is 12.2 Å². The Labute approximate surface area is 110 Å². The van der Waals surface area contributed by atoms with Gasteiger partial charge in [-0.25, -0.2) is 4.79 Å². The number of ether oxygens (including phenoxy) is 1. The molecule has 0 unspecified atom stereocenters. The van der Waals surface area contributed by atoms with E-state index in [2.05, 4.69) is 0 Å². The van der Waals surface area contributed by atoms with Gasteiger partial charge in [0.2, 0.25) is 0 Å². The molecule has 1 aromatic carbocycles. The average molecular weight is 259 g/mol. The summed E-state index contributed by atoms with van der Waals surface area (Å²) in [6.45, 7) is 2.05. The molecule has 0 aromatic heterocycles. The van der Waals surface area contributed by atoms with Gasteiger partial charge in [0.15, 0.2) is 0 Å². The molecule has 19 heavy (non-hydrogen) atoms. The number of rotatable bonds is 4. The van der Waals surface area contributed by atoms with E-state index in [0.29, 0.717) is 11.1 Å². The van der Waals surface area contributed by atoms with Gasteiger partial charge in [-0.05, 0) is 19.1 Å². The minimum absolute atomic E-state index is 0.0607. The average Bonchev–Trinajstić information content (AvgIpc) is 2.65. The molecule has 0 saturated carbocycles.